The minimum atomic E-state index is -0.247. The summed E-state index contributed by atoms with van der Waals surface area (Å²) in [7, 11) is 0. The number of fused-ring (bicyclic) bond motifs is 3. The zero-order valence-electron chi connectivity index (χ0n) is 8.90. The van der Waals surface area contributed by atoms with Crippen molar-refractivity contribution in [3.05, 3.63) is 40.7 Å². The Morgan fingerprint density at radius 1 is 1.12 bits per heavy atom. The fraction of sp³-hybridized carbons (Fsp3) is 0. The molecule has 5 heteroatoms. The van der Waals surface area contributed by atoms with Gasteiger partial charge in [-0.05, 0) is 29.0 Å². The van der Waals surface area contributed by atoms with Gasteiger partial charge >= 0.3 is 0 Å². The zero-order chi connectivity index (χ0) is 12.0. The van der Waals surface area contributed by atoms with Gasteiger partial charge in [-0.15, -0.1) is 0 Å². The first kappa shape index (κ1) is 9.65. The molecular weight excluding hydrogens is 216 g/mol. The standard InChI is InChI=1S/C12H10N4O/c13-7-3-1-6-2-4-9-10(8(6)5-7)11(17)16-12(14)15-9/h1-5H,13H2,(H3,14,15,16,17). The van der Waals surface area contributed by atoms with Crippen LogP contribution < -0.4 is 17.0 Å². The molecule has 0 atom stereocenters. The molecule has 0 aliphatic carbocycles. The van der Waals surface area contributed by atoms with E-state index >= 15 is 0 Å². The van der Waals surface area contributed by atoms with Gasteiger partial charge in [0.05, 0.1) is 10.9 Å². The summed E-state index contributed by atoms with van der Waals surface area (Å²) < 4.78 is 0. The highest BCUT2D eigenvalue weighted by atomic mass is 16.1. The van der Waals surface area contributed by atoms with Gasteiger partial charge in [0.25, 0.3) is 5.56 Å². The maximum absolute atomic E-state index is 11.9. The molecule has 5 nitrogen and oxygen atoms in total. The Hall–Kier alpha value is -2.56. The molecule has 17 heavy (non-hydrogen) atoms. The number of nitrogens with one attached hydrogen (secondary N) is 1. The van der Waals surface area contributed by atoms with Crippen LogP contribution in [0.4, 0.5) is 11.6 Å². The van der Waals surface area contributed by atoms with Crippen molar-refractivity contribution in [2.75, 3.05) is 11.5 Å². The van der Waals surface area contributed by atoms with Gasteiger partial charge in [-0.1, -0.05) is 12.1 Å². The second kappa shape index (κ2) is 3.21. The van der Waals surface area contributed by atoms with E-state index in [9.17, 15) is 4.79 Å². The second-order valence-corrected chi connectivity index (χ2v) is 3.89. The van der Waals surface area contributed by atoms with Crippen molar-refractivity contribution in [3.8, 4) is 0 Å². The first-order valence-corrected chi connectivity index (χ1v) is 5.13. The number of aromatic nitrogens is 2. The fourth-order valence-corrected chi connectivity index (χ4v) is 1.99. The molecule has 0 unspecified atom stereocenters. The third-order valence-electron chi connectivity index (χ3n) is 2.73. The summed E-state index contributed by atoms with van der Waals surface area (Å²) >= 11 is 0. The van der Waals surface area contributed by atoms with E-state index in [0.29, 0.717) is 16.6 Å². The molecule has 0 radical (unpaired) electrons. The molecule has 0 aliphatic rings. The van der Waals surface area contributed by atoms with Gasteiger partial charge in [0.15, 0.2) is 0 Å². The Bertz CT molecular complexity index is 791. The minimum Gasteiger partial charge on any atom is -0.399 e. The molecular formula is C12H10N4O. The van der Waals surface area contributed by atoms with Gasteiger partial charge in [0.1, 0.15) is 0 Å². The van der Waals surface area contributed by atoms with Crippen LogP contribution in [0.2, 0.25) is 0 Å². The van der Waals surface area contributed by atoms with E-state index in [4.69, 9.17) is 11.5 Å². The largest absolute Gasteiger partial charge is 0.399 e. The monoisotopic (exact) mass is 226 g/mol. The Kier molecular flexibility index (Phi) is 1.82. The quantitative estimate of drug-likeness (QED) is 0.396. The maximum atomic E-state index is 11.9. The van der Waals surface area contributed by atoms with Crippen molar-refractivity contribution in [3.63, 3.8) is 0 Å². The Balaban J connectivity index is 2.63. The van der Waals surface area contributed by atoms with Crippen LogP contribution in [0.15, 0.2) is 35.1 Å². The van der Waals surface area contributed by atoms with Crippen LogP contribution in [-0.2, 0) is 0 Å². The zero-order valence-corrected chi connectivity index (χ0v) is 8.90. The van der Waals surface area contributed by atoms with Crippen molar-refractivity contribution in [2.24, 2.45) is 0 Å². The summed E-state index contributed by atoms with van der Waals surface area (Å²) in [4.78, 5) is 18.5. The lowest BCUT2D eigenvalue weighted by molar-refractivity contribution is 1.19. The lowest BCUT2D eigenvalue weighted by Gasteiger charge is -2.04. The number of nitrogens with two attached hydrogens (primary N) is 2. The van der Waals surface area contributed by atoms with Crippen LogP contribution in [0, 0.1) is 0 Å². The third-order valence-corrected chi connectivity index (χ3v) is 2.73. The number of rotatable bonds is 0. The van der Waals surface area contributed by atoms with E-state index in [2.05, 4.69) is 9.97 Å². The van der Waals surface area contributed by atoms with E-state index in [1.807, 2.05) is 12.1 Å². The van der Waals surface area contributed by atoms with Gasteiger partial charge < -0.3 is 11.5 Å². The van der Waals surface area contributed by atoms with Gasteiger partial charge in [-0.3, -0.25) is 9.78 Å². The summed E-state index contributed by atoms with van der Waals surface area (Å²) in [5.41, 5.74) is 12.2. The van der Waals surface area contributed by atoms with E-state index in [1.165, 1.54) is 0 Å². The van der Waals surface area contributed by atoms with Gasteiger partial charge in [0.2, 0.25) is 5.95 Å². The second-order valence-electron chi connectivity index (χ2n) is 3.89. The van der Waals surface area contributed by atoms with Crippen molar-refractivity contribution < 1.29 is 0 Å². The fourth-order valence-electron chi connectivity index (χ4n) is 1.99. The first-order chi connectivity index (χ1) is 8.15. The minimum absolute atomic E-state index is 0.116. The van der Waals surface area contributed by atoms with E-state index < -0.39 is 0 Å². The number of H-pyrrole nitrogens is 1. The van der Waals surface area contributed by atoms with Crippen LogP contribution in [0.3, 0.4) is 0 Å². The highest BCUT2D eigenvalue weighted by Gasteiger charge is 2.06. The maximum Gasteiger partial charge on any atom is 0.260 e. The van der Waals surface area contributed by atoms with Crippen molar-refractivity contribution in [2.45, 2.75) is 0 Å². The molecule has 2 aromatic carbocycles. The molecule has 3 aromatic rings. The van der Waals surface area contributed by atoms with Gasteiger partial charge in [-0.25, -0.2) is 4.98 Å². The number of nitrogen functional groups attached to an aromatic ring is 2. The average molecular weight is 226 g/mol. The molecule has 5 N–H and O–H groups in total. The van der Waals surface area contributed by atoms with E-state index in [1.54, 1.807) is 18.2 Å². The molecule has 1 heterocycles. The number of hydrogen-bond donors (Lipinski definition) is 3. The summed E-state index contributed by atoms with van der Waals surface area (Å²) in [5, 5.41) is 2.25. The van der Waals surface area contributed by atoms with Crippen LogP contribution in [0.25, 0.3) is 21.7 Å². The number of nitrogens with zero attached hydrogens (tertiary/aromatic N) is 1. The topological polar surface area (TPSA) is 97.8 Å². The van der Waals surface area contributed by atoms with Gasteiger partial charge in [0, 0.05) is 5.69 Å². The molecule has 0 amide bonds. The smallest absolute Gasteiger partial charge is 0.260 e. The number of aromatic amines is 1. The lowest BCUT2D eigenvalue weighted by atomic mass is 10.1. The average Bonchev–Trinajstić information content (AvgIpc) is 2.27. The lowest BCUT2D eigenvalue weighted by Crippen LogP contribution is -2.11. The number of anilines is 2. The predicted molar refractivity (Wildman–Crippen MR) is 68.7 cm³/mol. The van der Waals surface area contributed by atoms with Crippen LogP contribution in [-0.4, -0.2) is 9.97 Å². The molecule has 0 fully saturated rings. The van der Waals surface area contributed by atoms with Crippen LogP contribution in [0.5, 0.6) is 0 Å². The van der Waals surface area contributed by atoms with Crippen molar-refractivity contribution >= 4 is 33.3 Å². The number of hydrogen-bond acceptors (Lipinski definition) is 4. The number of benzene rings is 2. The van der Waals surface area contributed by atoms with E-state index in [-0.39, 0.29) is 11.5 Å². The molecule has 0 bridgehead atoms. The molecule has 0 saturated heterocycles. The summed E-state index contributed by atoms with van der Waals surface area (Å²) in [5.74, 6) is 0.116. The predicted octanol–water partition coefficient (Wildman–Crippen LogP) is 1.24. The van der Waals surface area contributed by atoms with E-state index in [0.717, 1.165) is 10.8 Å². The molecule has 0 saturated carbocycles. The first-order valence-electron chi connectivity index (χ1n) is 5.13. The normalized spacial score (nSPS) is 11.1. The SMILES string of the molecule is Nc1ccc2ccc3nc(N)[nH]c(=O)c3c2c1. The van der Waals surface area contributed by atoms with Crippen LogP contribution in [0.1, 0.15) is 0 Å². The summed E-state index contributed by atoms with van der Waals surface area (Å²) in [6, 6.07) is 9.11. The molecule has 84 valence electrons. The summed E-state index contributed by atoms with van der Waals surface area (Å²) in [6.07, 6.45) is 0. The Morgan fingerprint density at radius 3 is 2.71 bits per heavy atom. The van der Waals surface area contributed by atoms with Crippen LogP contribution >= 0.6 is 0 Å². The molecule has 0 spiro atoms. The van der Waals surface area contributed by atoms with Gasteiger partial charge in [-0.2, -0.15) is 0 Å². The van der Waals surface area contributed by atoms with Crippen molar-refractivity contribution in [1.82, 2.24) is 9.97 Å². The summed E-state index contributed by atoms with van der Waals surface area (Å²) in [6.45, 7) is 0. The molecule has 1 aromatic heterocycles. The molecule has 3 rings (SSSR count). The van der Waals surface area contributed by atoms with Crippen molar-refractivity contribution in [1.29, 1.82) is 0 Å². The third kappa shape index (κ3) is 1.40. The molecule has 0 aliphatic heterocycles. The Labute approximate surface area is 96.1 Å². The highest BCUT2D eigenvalue weighted by Crippen LogP contribution is 2.23. The highest BCUT2D eigenvalue weighted by molar-refractivity contribution is 6.06. The Morgan fingerprint density at radius 2 is 1.88 bits per heavy atom.